The second kappa shape index (κ2) is 5.12. The van der Waals surface area contributed by atoms with E-state index in [-0.39, 0.29) is 18.1 Å². The van der Waals surface area contributed by atoms with Gasteiger partial charge in [0.15, 0.2) is 0 Å². The number of morpholine rings is 1. The molecule has 1 saturated heterocycles. The standard InChI is InChI=1S/C11H23N3O2/c1-5-11(4,10(15)13-12)14-6-8(2)16-9(3)7-14/h8-9H,5-7,12H2,1-4H3,(H,13,15)/t8-,9+,11-/m0/s1. The number of hydrazine groups is 1. The van der Waals surface area contributed by atoms with Gasteiger partial charge in [0, 0.05) is 13.1 Å². The van der Waals surface area contributed by atoms with Gasteiger partial charge in [-0.05, 0) is 27.2 Å². The Kier molecular flexibility index (Phi) is 4.29. The number of ether oxygens (including phenoxy) is 1. The Bertz CT molecular complexity index is 250. The predicted octanol–water partition coefficient (Wildman–Crippen LogP) is 0.254. The Balaban J connectivity index is 2.83. The summed E-state index contributed by atoms with van der Waals surface area (Å²) in [5.41, 5.74) is 1.72. The van der Waals surface area contributed by atoms with E-state index in [1.807, 2.05) is 27.7 Å². The molecule has 94 valence electrons. The molecule has 1 aliphatic heterocycles. The molecule has 0 aliphatic carbocycles. The summed E-state index contributed by atoms with van der Waals surface area (Å²) >= 11 is 0. The van der Waals surface area contributed by atoms with Gasteiger partial charge in [-0.15, -0.1) is 0 Å². The molecule has 5 nitrogen and oxygen atoms in total. The van der Waals surface area contributed by atoms with Gasteiger partial charge in [0.2, 0.25) is 0 Å². The minimum atomic E-state index is -0.541. The number of nitrogens with zero attached hydrogens (tertiary/aromatic N) is 1. The normalized spacial score (nSPS) is 30.8. The van der Waals surface area contributed by atoms with Crippen molar-refractivity contribution in [3.8, 4) is 0 Å². The van der Waals surface area contributed by atoms with E-state index in [1.165, 1.54) is 0 Å². The Labute approximate surface area is 97.3 Å². The minimum Gasteiger partial charge on any atom is -0.373 e. The number of hydrogen-bond donors (Lipinski definition) is 2. The second-order valence-corrected chi connectivity index (χ2v) is 4.76. The lowest BCUT2D eigenvalue weighted by atomic mass is 9.93. The molecule has 16 heavy (non-hydrogen) atoms. The van der Waals surface area contributed by atoms with Crippen molar-refractivity contribution in [2.75, 3.05) is 13.1 Å². The molecular weight excluding hydrogens is 206 g/mol. The quantitative estimate of drug-likeness (QED) is 0.414. The zero-order valence-corrected chi connectivity index (χ0v) is 10.6. The Hall–Kier alpha value is -0.650. The molecule has 1 fully saturated rings. The van der Waals surface area contributed by atoms with Crippen molar-refractivity contribution in [1.29, 1.82) is 0 Å². The molecule has 3 atom stereocenters. The predicted molar refractivity (Wildman–Crippen MR) is 62.6 cm³/mol. The van der Waals surface area contributed by atoms with Crippen molar-refractivity contribution >= 4 is 5.91 Å². The fourth-order valence-corrected chi connectivity index (χ4v) is 2.26. The highest BCUT2D eigenvalue weighted by molar-refractivity contribution is 5.85. The zero-order valence-electron chi connectivity index (χ0n) is 10.6. The lowest BCUT2D eigenvalue weighted by Gasteiger charge is -2.45. The van der Waals surface area contributed by atoms with E-state index in [0.29, 0.717) is 0 Å². The van der Waals surface area contributed by atoms with E-state index < -0.39 is 5.54 Å². The fraction of sp³-hybridized carbons (Fsp3) is 0.909. The van der Waals surface area contributed by atoms with Gasteiger partial charge in [-0.25, -0.2) is 5.84 Å². The molecule has 1 rings (SSSR count). The van der Waals surface area contributed by atoms with Crippen LogP contribution in [0.5, 0.6) is 0 Å². The monoisotopic (exact) mass is 229 g/mol. The highest BCUT2D eigenvalue weighted by atomic mass is 16.5. The van der Waals surface area contributed by atoms with Crippen LogP contribution >= 0.6 is 0 Å². The van der Waals surface area contributed by atoms with E-state index in [1.54, 1.807) is 0 Å². The number of rotatable bonds is 3. The summed E-state index contributed by atoms with van der Waals surface area (Å²) in [7, 11) is 0. The van der Waals surface area contributed by atoms with E-state index in [0.717, 1.165) is 19.5 Å². The Morgan fingerprint density at radius 3 is 2.38 bits per heavy atom. The van der Waals surface area contributed by atoms with Crippen molar-refractivity contribution in [2.45, 2.75) is 51.9 Å². The highest BCUT2D eigenvalue weighted by Gasteiger charge is 2.40. The number of nitrogens with two attached hydrogens (primary N) is 1. The van der Waals surface area contributed by atoms with Gasteiger partial charge in [-0.2, -0.15) is 0 Å². The third kappa shape index (κ3) is 2.53. The average molecular weight is 229 g/mol. The minimum absolute atomic E-state index is 0.128. The number of hydrogen-bond acceptors (Lipinski definition) is 4. The summed E-state index contributed by atoms with van der Waals surface area (Å²) in [6.07, 6.45) is 1.04. The number of nitrogens with one attached hydrogen (secondary N) is 1. The molecule has 0 saturated carbocycles. The first-order valence-electron chi connectivity index (χ1n) is 5.85. The van der Waals surface area contributed by atoms with Crippen LogP contribution in [0.25, 0.3) is 0 Å². The lowest BCUT2D eigenvalue weighted by Crippen LogP contribution is -2.63. The molecule has 5 heteroatoms. The van der Waals surface area contributed by atoms with E-state index in [2.05, 4.69) is 10.3 Å². The van der Waals surface area contributed by atoms with Gasteiger partial charge in [0.1, 0.15) is 0 Å². The highest BCUT2D eigenvalue weighted by Crippen LogP contribution is 2.24. The van der Waals surface area contributed by atoms with Crippen LogP contribution in [-0.2, 0) is 9.53 Å². The number of carbonyl (C=O) groups is 1. The molecule has 0 bridgehead atoms. The third-order valence-corrected chi connectivity index (χ3v) is 3.43. The maximum Gasteiger partial charge on any atom is 0.254 e. The second-order valence-electron chi connectivity index (χ2n) is 4.76. The van der Waals surface area contributed by atoms with Crippen molar-refractivity contribution in [3.63, 3.8) is 0 Å². The van der Waals surface area contributed by atoms with Crippen LogP contribution in [0.1, 0.15) is 34.1 Å². The molecule has 0 aromatic carbocycles. The van der Waals surface area contributed by atoms with Gasteiger partial charge < -0.3 is 4.74 Å². The van der Waals surface area contributed by atoms with Crippen LogP contribution in [0.4, 0.5) is 0 Å². The first-order valence-corrected chi connectivity index (χ1v) is 5.85. The van der Waals surface area contributed by atoms with Crippen LogP contribution in [0, 0.1) is 0 Å². The molecule has 0 unspecified atom stereocenters. The van der Waals surface area contributed by atoms with Crippen molar-refractivity contribution < 1.29 is 9.53 Å². The van der Waals surface area contributed by atoms with Crippen LogP contribution in [0.2, 0.25) is 0 Å². The van der Waals surface area contributed by atoms with Crippen LogP contribution in [-0.4, -0.2) is 41.6 Å². The molecule has 3 N–H and O–H groups in total. The van der Waals surface area contributed by atoms with Gasteiger partial charge in [-0.1, -0.05) is 6.92 Å². The van der Waals surface area contributed by atoms with Crippen LogP contribution in [0.15, 0.2) is 0 Å². The van der Waals surface area contributed by atoms with Crippen molar-refractivity contribution in [1.82, 2.24) is 10.3 Å². The first-order chi connectivity index (χ1) is 7.43. The molecule has 1 amide bonds. The van der Waals surface area contributed by atoms with Gasteiger partial charge >= 0.3 is 0 Å². The smallest absolute Gasteiger partial charge is 0.254 e. The Morgan fingerprint density at radius 2 is 2.00 bits per heavy atom. The van der Waals surface area contributed by atoms with Crippen molar-refractivity contribution in [2.24, 2.45) is 5.84 Å². The van der Waals surface area contributed by atoms with Crippen LogP contribution < -0.4 is 11.3 Å². The zero-order chi connectivity index (χ0) is 12.3. The maximum absolute atomic E-state index is 11.9. The van der Waals surface area contributed by atoms with Crippen molar-refractivity contribution in [3.05, 3.63) is 0 Å². The maximum atomic E-state index is 11.9. The molecular formula is C11H23N3O2. The molecule has 1 heterocycles. The Morgan fingerprint density at radius 1 is 1.50 bits per heavy atom. The molecule has 0 aromatic heterocycles. The molecule has 0 aromatic rings. The van der Waals surface area contributed by atoms with Gasteiger partial charge in [0.05, 0.1) is 17.7 Å². The van der Waals surface area contributed by atoms with Gasteiger partial charge in [-0.3, -0.25) is 15.1 Å². The summed E-state index contributed by atoms with van der Waals surface area (Å²) in [6.45, 7) is 9.52. The van der Waals surface area contributed by atoms with Crippen LogP contribution in [0.3, 0.4) is 0 Å². The molecule has 0 radical (unpaired) electrons. The van der Waals surface area contributed by atoms with E-state index in [4.69, 9.17) is 10.6 Å². The SMILES string of the molecule is CC[C@@](C)(C(=O)NN)N1C[C@@H](C)O[C@@H](C)C1. The topological polar surface area (TPSA) is 67.6 Å². The fourth-order valence-electron chi connectivity index (χ4n) is 2.26. The first kappa shape index (κ1) is 13.4. The molecule has 1 aliphatic rings. The summed E-state index contributed by atoms with van der Waals surface area (Å²) in [4.78, 5) is 14.0. The lowest BCUT2D eigenvalue weighted by molar-refractivity contribution is -0.143. The van der Waals surface area contributed by atoms with Gasteiger partial charge in [0.25, 0.3) is 5.91 Å². The third-order valence-electron chi connectivity index (χ3n) is 3.43. The summed E-state index contributed by atoms with van der Waals surface area (Å²) in [5, 5.41) is 0. The molecule has 0 spiro atoms. The number of amides is 1. The summed E-state index contributed by atoms with van der Waals surface area (Å²) < 4.78 is 5.66. The number of carbonyl (C=O) groups excluding carboxylic acids is 1. The largest absolute Gasteiger partial charge is 0.373 e. The summed E-state index contributed by atoms with van der Waals surface area (Å²) in [6, 6.07) is 0. The van der Waals surface area contributed by atoms with E-state index >= 15 is 0 Å². The summed E-state index contributed by atoms with van der Waals surface area (Å²) in [5.74, 6) is 5.12. The van der Waals surface area contributed by atoms with E-state index in [9.17, 15) is 4.79 Å². The average Bonchev–Trinajstić information content (AvgIpc) is 2.25.